The number of hydrogen-bond acceptors (Lipinski definition) is 6. The van der Waals surface area contributed by atoms with Gasteiger partial charge in [0.25, 0.3) is 5.56 Å². The molecule has 3 heterocycles. The minimum Gasteiger partial charge on any atom is -0.493 e. The summed E-state index contributed by atoms with van der Waals surface area (Å²) in [4.78, 5) is 31.3. The molecular weight excluding hydrogens is 518 g/mol. The van der Waals surface area contributed by atoms with Crippen molar-refractivity contribution in [2.75, 3.05) is 39.3 Å². The standard InChI is InChI=1S/C25H34ClN5O5S/c1-6-29-10-12-30(13-11-29)37(34,35)17-8-9-19(36-7-2)18(14-17)21-20(26)23-22(27-21)24(32)28(5)25(33)31(23)15-16(3)4/h8-9,14,16,27H,6-7,10-13,15H2,1-5H3. The van der Waals surface area contributed by atoms with Gasteiger partial charge in [0.2, 0.25) is 10.0 Å². The molecule has 0 unspecified atom stereocenters. The summed E-state index contributed by atoms with van der Waals surface area (Å²) in [6, 6.07) is 4.66. The first kappa shape index (κ1) is 27.4. The number of likely N-dealkylation sites (N-methyl/N-ethyl adjacent to an activating group) is 1. The van der Waals surface area contributed by atoms with Crippen LogP contribution in [0.25, 0.3) is 22.3 Å². The van der Waals surface area contributed by atoms with Crippen molar-refractivity contribution in [3.63, 3.8) is 0 Å². The SMILES string of the molecule is CCOc1ccc(S(=O)(=O)N2CCN(CC)CC2)cc1-c1[nH]c2c(=O)n(C)c(=O)n(CC(C)C)c2c1Cl. The van der Waals surface area contributed by atoms with Gasteiger partial charge in [-0.05, 0) is 37.6 Å². The van der Waals surface area contributed by atoms with Crippen LogP contribution in [0.2, 0.25) is 5.02 Å². The Morgan fingerprint density at radius 2 is 1.78 bits per heavy atom. The van der Waals surface area contributed by atoms with Crippen molar-refractivity contribution in [1.82, 2.24) is 23.3 Å². The number of aromatic nitrogens is 3. The number of piperazine rings is 1. The molecule has 0 bridgehead atoms. The number of halogens is 1. The number of nitrogens with zero attached hydrogens (tertiary/aromatic N) is 4. The Morgan fingerprint density at radius 1 is 1.11 bits per heavy atom. The number of H-pyrrole nitrogens is 1. The Bertz CT molecular complexity index is 1530. The molecule has 0 radical (unpaired) electrons. The quantitative estimate of drug-likeness (QED) is 0.461. The molecule has 0 amide bonds. The third kappa shape index (κ3) is 4.97. The van der Waals surface area contributed by atoms with Crippen LogP contribution in [0.1, 0.15) is 27.7 Å². The number of rotatable bonds is 8. The normalized spacial score (nSPS) is 15.6. The van der Waals surface area contributed by atoms with Gasteiger partial charge in [0.15, 0.2) is 0 Å². The molecule has 1 aliphatic heterocycles. The lowest BCUT2D eigenvalue weighted by Crippen LogP contribution is -2.48. The molecule has 0 saturated carbocycles. The molecule has 10 nitrogen and oxygen atoms in total. The molecular formula is C25H34ClN5O5S. The molecule has 0 spiro atoms. The second-order valence-corrected chi connectivity index (χ2v) is 11.9. The van der Waals surface area contributed by atoms with E-state index in [0.717, 1.165) is 11.1 Å². The van der Waals surface area contributed by atoms with Crippen LogP contribution in [0.3, 0.4) is 0 Å². The van der Waals surface area contributed by atoms with Crippen molar-refractivity contribution < 1.29 is 13.2 Å². The molecule has 1 aromatic carbocycles. The average Bonchev–Trinajstić information content (AvgIpc) is 3.22. The number of nitrogens with one attached hydrogen (secondary N) is 1. The summed E-state index contributed by atoms with van der Waals surface area (Å²) in [6.07, 6.45) is 0. The van der Waals surface area contributed by atoms with E-state index in [9.17, 15) is 18.0 Å². The lowest BCUT2D eigenvalue weighted by molar-refractivity contribution is 0.196. The summed E-state index contributed by atoms with van der Waals surface area (Å²) in [7, 11) is -2.35. The zero-order valence-corrected chi connectivity index (χ0v) is 23.4. The molecule has 0 atom stereocenters. The maximum absolute atomic E-state index is 13.5. The largest absolute Gasteiger partial charge is 0.493 e. The lowest BCUT2D eigenvalue weighted by atomic mass is 10.1. The molecule has 202 valence electrons. The lowest BCUT2D eigenvalue weighted by Gasteiger charge is -2.33. The van der Waals surface area contributed by atoms with E-state index in [4.69, 9.17) is 16.3 Å². The second-order valence-electron chi connectivity index (χ2n) is 9.62. The Kier molecular flexibility index (Phi) is 7.89. The predicted octanol–water partition coefficient (Wildman–Crippen LogP) is 2.73. The molecule has 37 heavy (non-hydrogen) atoms. The van der Waals surface area contributed by atoms with E-state index < -0.39 is 21.3 Å². The first-order chi connectivity index (χ1) is 17.5. The summed E-state index contributed by atoms with van der Waals surface area (Å²) in [6.45, 7) is 11.5. The zero-order chi connectivity index (χ0) is 27.1. The van der Waals surface area contributed by atoms with Gasteiger partial charge in [0.05, 0.1) is 27.7 Å². The second kappa shape index (κ2) is 10.6. The van der Waals surface area contributed by atoms with Gasteiger partial charge in [-0.15, -0.1) is 0 Å². The van der Waals surface area contributed by atoms with E-state index in [2.05, 4.69) is 16.8 Å². The third-order valence-electron chi connectivity index (χ3n) is 6.70. The van der Waals surface area contributed by atoms with Gasteiger partial charge in [0.1, 0.15) is 11.3 Å². The monoisotopic (exact) mass is 551 g/mol. The fourth-order valence-electron chi connectivity index (χ4n) is 4.71. The van der Waals surface area contributed by atoms with Crippen LogP contribution in [0.4, 0.5) is 0 Å². The van der Waals surface area contributed by atoms with Crippen molar-refractivity contribution >= 4 is 32.7 Å². The molecule has 1 N–H and O–H groups in total. The van der Waals surface area contributed by atoms with E-state index in [1.165, 1.54) is 28.1 Å². The fraction of sp³-hybridized carbons (Fsp3) is 0.520. The van der Waals surface area contributed by atoms with E-state index in [1.54, 1.807) is 6.07 Å². The molecule has 0 aliphatic carbocycles. The first-order valence-corrected chi connectivity index (χ1v) is 14.3. The highest BCUT2D eigenvalue weighted by Gasteiger charge is 2.30. The maximum Gasteiger partial charge on any atom is 0.331 e. The van der Waals surface area contributed by atoms with Gasteiger partial charge in [0, 0.05) is 45.3 Å². The Morgan fingerprint density at radius 3 is 2.38 bits per heavy atom. The number of sulfonamides is 1. The van der Waals surface area contributed by atoms with E-state index in [-0.39, 0.29) is 21.4 Å². The van der Waals surface area contributed by atoms with Crippen LogP contribution in [-0.4, -0.2) is 71.1 Å². The molecule has 4 rings (SSSR count). The highest BCUT2D eigenvalue weighted by Crippen LogP contribution is 2.39. The Balaban J connectivity index is 1.91. The highest BCUT2D eigenvalue weighted by atomic mass is 35.5. The van der Waals surface area contributed by atoms with Gasteiger partial charge < -0.3 is 14.6 Å². The number of fused-ring (bicyclic) bond motifs is 1. The van der Waals surface area contributed by atoms with Crippen molar-refractivity contribution in [2.45, 2.75) is 39.1 Å². The molecule has 1 saturated heterocycles. The number of benzene rings is 1. The van der Waals surface area contributed by atoms with Crippen LogP contribution in [0.15, 0.2) is 32.7 Å². The van der Waals surface area contributed by atoms with E-state index >= 15 is 0 Å². The zero-order valence-electron chi connectivity index (χ0n) is 21.9. The summed E-state index contributed by atoms with van der Waals surface area (Å²) >= 11 is 6.84. The molecule has 1 fully saturated rings. The van der Waals surface area contributed by atoms with Crippen molar-refractivity contribution in [3.05, 3.63) is 44.1 Å². The van der Waals surface area contributed by atoms with Gasteiger partial charge in [-0.2, -0.15) is 4.31 Å². The van der Waals surface area contributed by atoms with Crippen LogP contribution < -0.4 is 16.0 Å². The summed E-state index contributed by atoms with van der Waals surface area (Å²) < 4.78 is 36.9. The van der Waals surface area contributed by atoms with Crippen LogP contribution in [0.5, 0.6) is 5.75 Å². The minimum absolute atomic E-state index is 0.109. The van der Waals surface area contributed by atoms with Crippen molar-refractivity contribution in [2.24, 2.45) is 13.0 Å². The Labute approximate surface area is 221 Å². The van der Waals surface area contributed by atoms with Crippen LogP contribution >= 0.6 is 11.6 Å². The first-order valence-electron chi connectivity index (χ1n) is 12.5. The smallest absolute Gasteiger partial charge is 0.331 e. The predicted molar refractivity (Wildman–Crippen MR) is 145 cm³/mol. The topological polar surface area (TPSA) is 110 Å². The number of aromatic amines is 1. The van der Waals surface area contributed by atoms with Crippen molar-refractivity contribution in [3.8, 4) is 17.0 Å². The average molecular weight is 552 g/mol. The fourth-order valence-corrected chi connectivity index (χ4v) is 6.50. The number of hydrogen-bond donors (Lipinski definition) is 1. The molecule has 3 aromatic rings. The van der Waals surface area contributed by atoms with Crippen LogP contribution in [-0.2, 0) is 23.6 Å². The minimum atomic E-state index is -3.77. The van der Waals surface area contributed by atoms with Gasteiger partial charge in [-0.25, -0.2) is 13.2 Å². The summed E-state index contributed by atoms with van der Waals surface area (Å²) in [5, 5.41) is 0.164. The maximum atomic E-state index is 13.5. The van der Waals surface area contributed by atoms with E-state index in [0.29, 0.717) is 61.9 Å². The van der Waals surface area contributed by atoms with E-state index in [1.807, 2.05) is 20.8 Å². The summed E-state index contributed by atoms with van der Waals surface area (Å²) in [5.74, 6) is 0.536. The van der Waals surface area contributed by atoms with Gasteiger partial charge >= 0.3 is 5.69 Å². The van der Waals surface area contributed by atoms with Crippen LogP contribution in [0, 0.1) is 5.92 Å². The van der Waals surface area contributed by atoms with Gasteiger partial charge in [-0.3, -0.25) is 13.9 Å². The van der Waals surface area contributed by atoms with Crippen molar-refractivity contribution in [1.29, 1.82) is 0 Å². The molecule has 1 aliphatic rings. The molecule has 2 aromatic heterocycles. The Hall–Kier alpha value is -2.60. The number of ether oxygens (including phenoxy) is 1. The van der Waals surface area contributed by atoms with Gasteiger partial charge in [-0.1, -0.05) is 32.4 Å². The third-order valence-corrected chi connectivity index (χ3v) is 8.97. The summed E-state index contributed by atoms with van der Waals surface area (Å²) in [5.41, 5.74) is 0.226. The highest BCUT2D eigenvalue weighted by molar-refractivity contribution is 7.89. The molecule has 12 heteroatoms.